The molecule has 4 heterocycles. The molecule has 1 aliphatic heterocycles. The molecule has 11 heteroatoms. The number of aliphatic hydroxyl groups is 1. The van der Waals surface area contributed by atoms with Gasteiger partial charge < -0.3 is 10.8 Å². The number of hydrogen-bond donors (Lipinski definition) is 2. The smallest absolute Gasteiger partial charge is 0.193 e. The zero-order valence-corrected chi connectivity index (χ0v) is 21.4. The van der Waals surface area contributed by atoms with Gasteiger partial charge in [-0.3, -0.25) is 14.9 Å². The van der Waals surface area contributed by atoms with E-state index in [9.17, 15) is 5.11 Å². The van der Waals surface area contributed by atoms with E-state index in [-0.39, 0.29) is 12.6 Å². The zero-order chi connectivity index (χ0) is 24.4. The fourth-order valence-electron chi connectivity index (χ4n) is 4.02. The fourth-order valence-corrected chi connectivity index (χ4v) is 6.02. The van der Waals surface area contributed by atoms with Crippen molar-refractivity contribution in [1.29, 1.82) is 0 Å². The molecule has 0 aliphatic carbocycles. The second-order valence-electron chi connectivity index (χ2n) is 8.29. The standard InChI is InChI=1S/C24H24ClN7OS2/c1-14-9-18(30-24(29-14)34-20-7-3-2-6-17(20)25)21-22(26)31-23(35-21)19-11-27-15(10-28-19)12-32-8-4-5-16(32)13-33/h2-3,6-7,9-11,16,33H,4-5,8,12-13,26H2,1H3. The second-order valence-corrected chi connectivity index (χ2v) is 10.7. The molecule has 3 N–H and O–H groups in total. The first-order valence-corrected chi connectivity index (χ1v) is 13.2. The molecule has 1 aliphatic rings. The first-order chi connectivity index (χ1) is 17.0. The molecule has 5 rings (SSSR count). The molecule has 0 bridgehead atoms. The number of anilines is 1. The number of nitrogen functional groups attached to an aromatic ring is 1. The lowest BCUT2D eigenvalue weighted by atomic mass is 10.2. The Morgan fingerprint density at radius 3 is 2.80 bits per heavy atom. The minimum Gasteiger partial charge on any atom is -0.395 e. The van der Waals surface area contributed by atoms with Gasteiger partial charge in [0.25, 0.3) is 0 Å². The number of thiazole rings is 1. The second kappa shape index (κ2) is 10.5. The Kier molecular flexibility index (Phi) is 7.26. The van der Waals surface area contributed by atoms with Crippen LogP contribution < -0.4 is 5.73 Å². The number of nitrogens with two attached hydrogens (primary N) is 1. The van der Waals surface area contributed by atoms with Crippen molar-refractivity contribution in [3.05, 3.63) is 59.1 Å². The summed E-state index contributed by atoms with van der Waals surface area (Å²) in [5, 5.41) is 11.5. The Labute approximate surface area is 216 Å². The number of halogens is 1. The molecule has 1 aromatic carbocycles. The monoisotopic (exact) mass is 525 g/mol. The predicted molar refractivity (Wildman–Crippen MR) is 139 cm³/mol. The third kappa shape index (κ3) is 5.46. The highest BCUT2D eigenvalue weighted by Gasteiger charge is 2.24. The highest BCUT2D eigenvalue weighted by Crippen LogP contribution is 2.37. The van der Waals surface area contributed by atoms with Crippen molar-refractivity contribution in [3.8, 4) is 21.3 Å². The molecular weight excluding hydrogens is 502 g/mol. The van der Waals surface area contributed by atoms with Gasteiger partial charge in [0.15, 0.2) is 5.16 Å². The first-order valence-electron chi connectivity index (χ1n) is 11.2. The Bertz CT molecular complexity index is 1330. The fraction of sp³-hybridized carbons (Fsp3) is 0.292. The lowest BCUT2D eigenvalue weighted by Crippen LogP contribution is -2.31. The van der Waals surface area contributed by atoms with E-state index in [1.807, 2.05) is 37.3 Å². The molecule has 1 unspecified atom stereocenters. The summed E-state index contributed by atoms with van der Waals surface area (Å²) in [4.78, 5) is 26.9. The SMILES string of the molecule is Cc1cc(-c2sc(-c3cnc(CN4CCCC4CO)cn3)nc2N)nc(Sc2ccccc2Cl)n1. The minimum atomic E-state index is 0.174. The Balaban J connectivity index is 1.37. The summed E-state index contributed by atoms with van der Waals surface area (Å²) in [5.41, 5.74) is 9.35. The van der Waals surface area contributed by atoms with E-state index in [4.69, 9.17) is 22.3 Å². The van der Waals surface area contributed by atoms with Gasteiger partial charge in [0, 0.05) is 23.2 Å². The minimum absolute atomic E-state index is 0.174. The molecule has 35 heavy (non-hydrogen) atoms. The Hall–Kier alpha value is -2.63. The van der Waals surface area contributed by atoms with Crippen LogP contribution in [-0.2, 0) is 6.54 Å². The van der Waals surface area contributed by atoms with Crippen molar-refractivity contribution in [2.24, 2.45) is 0 Å². The summed E-state index contributed by atoms with van der Waals surface area (Å²) >= 11 is 9.15. The van der Waals surface area contributed by atoms with Crippen LogP contribution in [0, 0.1) is 6.92 Å². The highest BCUT2D eigenvalue weighted by molar-refractivity contribution is 7.99. The summed E-state index contributed by atoms with van der Waals surface area (Å²) in [6.45, 7) is 3.74. The van der Waals surface area contributed by atoms with Crippen LogP contribution in [0.25, 0.3) is 21.3 Å². The maximum Gasteiger partial charge on any atom is 0.193 e. The van der Waals surface area contributed by atoms with Crippen LogP contribution in [0.2, 0.25) is 5.02 Å². The molecule has 180 valence electrons. The number of aromatic nitrogens is 5. The van der Waals surface area contributed by atoms with Crippen molar-refractivity contribution in [1.82, 2.24) is 29.8 Å². The number of likely N-dealkylation sites (tertiary alicyclic amines) is 1. The van der Waals surface area contributed by atoms with Crippen LogP contribution in [0.3, 0.4) is 0 Å². The van der Waals surface area contributed by atoms with Crippen LogP contribution in [0.5, 0.6) is 0 Å². The molecule has 0 spiro atoms. The van der Waals surface area contributed by atoms with Gasteiger partial charge in [-0.1, -0.05) is 23.7 Å². The summed E-state index contributed by atoms with van der Waals surface area (Å²) in [6, 6.07) is 9.70. The number of rotatable bonds is 7. The van der Waals surface area contributed by atoms with Crippen LogP contribution in [0.1, 0.15) is 24.2 Å². The summed E-state index contributed by atoms with van der Waals surface area (Å²) in [5.74, 6) is 0.394. The average molecular weight is 526 g/mol. The largest absolute Gasteiger partial charge is 0.395 e. The average Bonchev–Trinajstić information content (AvgIpc) is 3.47. The number of aryl methyl sites for hydroxylation is 1. The van der Waals surface area contributed by atoms with E-state index in [2.05, 4.69) is 24.8 Å². The van der Waals surface area contributed by atoms with Gasteiger partial charge in [0.2, 0.25) is 0 Å². The van der Waals surface area contributed by atoms with Crippen molar-refractivity contribution in [3.63, 3.8) is 0 Å². The van der Waals surface area contributed by atoms with Gasteiger partial charge in [-0.15, -0.1) is 11.3 Å². The highest BCUT2D eigenvalue weighted by atomic mass is 35.5. The molecule has 1 saturated heterocycles. The molecule has 1 atom stereocenters. The van der Waals surface area contributed by atoms with Gasteiger partial charge in [-0.05, 0) is 56.3 Å². The molecule has 1 fully saturated rings. The van der Waals surface area contributed by atoms with Crippen molar-refractivity contribution < 1.29 is 5.11 Å². The lowest BCUT2D eigenvalue weighted by Gasteiger charge is -2.21. The zero-order valence-electron chi connectivity index (χ0n) is 19.1. The van der Waals surface area contributed by atoms with Crippen LogP contribution >= 0.6 is 34.7 Å². The molecule has 3 aromatic heterocycles. The molecule has 0 radical (unpaired) electrons. The molecule has 0 amide bonds. The van der Waals surface area contributed by atoms with E-state index in [0.29, 0.717) is 38.9 Å². The van der Waals surface area contributed by atoms with Crippen LogP contribution in [0.4, 0.5) is 5.82 Å². The summed E-state index contributed by atoms with van der Waals surface area (Å²) in [6.07, 6.45) is 5.61. The van der Waals surface area contributed by atoms with Crippen LogP contribution in [0.15, 0.2) is 52.8 Å². The number of nitrogens with zero attached hydrogens (tertiary/aromatic N) is 6. The van der Waals surface area contributed by atoms with Gasteiger partial charge >= 0.3 is 0 Å². The topological polar surface area (TPSA) is 114 Å². The van der Waals surface area contributed by atoms with Crippen LogP contribution in [-0.4, -0.2) is 54.1 Å². The third-order valence-corrected chi connectivity index (χ3v) is 8.26. The van der Waals surface area contributed by atoms with Crippen molar-refractivity contribution >= 4 is 40.5 Å². The van der Waals surface area contributed by atoms with E-state index in [0.717, 1.165) is 40.5 Å². The lowest BCUT2D eigenvalue weighted by molar-refractivity contribution is 0.152. The normalized spacial score (nSPS) is 16.1. The molecule has 0 saturated carbocycles. The van der Waals surface area contributed by atoms with E-state index in [1.165, 1.54) is 23.1 Å². The molecule has 4 aromatic rings. The quantitative estimate of drug-likeness (QED) is 0.331. The van der Waals surface area contributed by atoms with Crippen molar-refractivity contribution in [2.75, 3.05) is 18.9 Å². The van der Waals surface area contributed by atoms with Gasteiger partial charge in [-0.25, -0.2) is 15.0 Å². The van der Waals surface area contributed by atoms with Crippen molar-refractivity contribution in [2.45, 2.75) is 42.4 Å². The summed E-state index contributed by atoms with van der Waals surface area (Å²) < 4.78 is 0. The maximum absolute atomic E-state index is 9.54. The predicted octanol–water partition coefficient (Wildman–Crippen LogP) is 4.71. The molecule has 8 nitrogen and oxygen atoms in total. The third-order valence-electron chi connectivity index (χ3n) is 5.76. The first kappa shape index (κ1) is 24.1. The number of benzene rings is 1. The van der Waals surface area contributed by atoms with E-state index < -0.39 is 0 Å². The van der Waals surface area contributed by atoms with Gasteiger partial charge in [0.1, 0.15) is 16.5 Å². The van der Waals surface area contributed by atoms with Gasteiger partial charge in [0.05, 0.1) is 40.3 Å². The van der Waals surface area contributed by atoms with E-state index in [1.54, 1.807) is 12.4 Å². The number of aliphatic hydroxyl groups excluding tert-OH is 1. The number of hydrogen-bond acceptors (Lipinski definition) is 10. The molecular formula is C24H24ClN7OS2. The van der Waals surface area contributed by atoms with Gasteiger partial charge in [-0.2, -0.15) is 0 Å². The maximum atomic E-state index is 9.54. The Morgan fingerprint density at radius 1 is 1.17 bits per heavy atom. The Morgan fingerprint density at radius 2 is 2.03 bits per heavy atom. The van der Waals surface area contributed by atoms with E-state index >= 15 is 0 Å². The summed E-state index contributed by atoms with van der Waals surface area (Å²) in [7, 11) is 0.